The fourth-order valence-corrected chi connectivity index (χ4v) is 5.13. The second-order valence-electron chi connectivity index (χ2n) is 10.9. The summed E-state index contributed by atoms with van der Waals surface area (Å²) in [4.78, 5) is 27.0. The smallest absolute Gasteiger partial charge is 0.419 e. The van der Waals surface area contributed by atoms with Crippen LogP contribution < -0.4 is 4.74 Å². The molecule has 9 heteroatoms. The number of alkyl halides is 2. The van der Waals surface area contributed by atoms with E-state index >= 15 is 0 Å². The molecule has 0 amide bonds. The van der Waals surface area contributed by atoms with Gasteiger partial charge in [-0.1, -0.05) is 12.1 Å². The van der Waals surface area contributed by atoms with Crippen LogP contribution in [0.1, 0.15) is 73.6 Å². The zero-order valence-electron chi connectivity index (χ0n) is 23.3. The third kappa shape index (κ3) is 6.24. The Morgan fingerprint density at radius 3 is 2.44 bits per heavy atom. The Hall–Kier alpha value is -3.46. The fourth-order valence-electron chi connectivity index (χ4n) is 5.13. The second-order valence-corrected chi connectivity index (χ2v) is 10.9. The molecule has 1 aliphatic rings. The number of methoxy groups -OCH3 is 1. The lowest BCUT2D eigenvalue weighted by molar-refractivity contribution is -0.0815. The molecule has 1 aliphatic heterocycles. The molecule has 0 saturated carbocycles. The molecule has 1 aromatic heterocycles. The van der Waals surface area contributed by atoms with Gasteiger partial charge in [0.2, 0.25) is 0 Å². The molecule has 39 heavy (non-hydrogen) atoms. The Labute approximate surface area is 227 Å². The third-order valence-corrected chi connectivity index (χ3v) is 6.91. The molecule has 7 nitrogen and oxygen atoms in total. The van der Waals surface area contributed by atoms with E-state index in [2.05, 4.69) is 0 Å². The number of rotatable bonds is 6. The zero-order chi connectivity index (χ0) is 28.5. The number of carbonyl (C=O) groups excluding carboxylic acids is 2. The summed E-state index contributed by atoms with van der Waals surface area (Å²) in [6.45, 7) is 9.81. The molecule has 2 heterocycles. The molecule has 210 valence electrons. The fraction of sp³-hybridized carbons (Fsp3) is 0.467. The second kappa shape index (κ2) is 11.0. The number of nitrogens with zero attached hydrogens (tertiary/aromatic N) is 2. The van der Waals surface area contributed by atoms with Crippen LogP contribution in [-0.4, -0.2) is 53.3 Å². The van der Waals surface area contributed by atoms with Gasteiger partial charge in [0, 0.05) is 49.1 Å². The average Bonchev–Trinajstić information content (AvgIpc) is 3.32. The van der Waals surface area contributed by atoms with Gasteiger partial charge < -0.3 is 14.2 Å². The molecular weight excluding hydrogens is 506 g/mol. The Balaban J connectivity index is 1.72. The maximum Gasteiger partial charge on any atom is 0.419 e. The normalized spacial score (nSPS) is 17.7. The Morgan fingerprint density at radius 1 is 1.13 bits per heavy atom. The van der Waals surface area contributed by atoms with E-state index in [9.17, 15) is 18.4 Å². The van der Waals surface area contributed by atoms with Crippen molar-refractivity contribution in [2.45, 2.75) is 71.6 Å². The molecule has 4 rings (SSSR count). The van der Waals surface area contributed by atoms with E-state index in [1.165, 1.54) is 4.57 Å². The summed E-state index contributed by atoms with van der Waals surface area (Å²) in [5.41, 5.74) is 2.73. The largest absolute Gasteiger partial charge is 0.496 e. The number of benzene rings is 2. The van der Waals surface area contributed by atoms with E-state index < -0.39 is 29.6 Å². The van der Waals surface area contributed by atoms with Crippen LogP contribution in [0.25, 0.3) is 10.9 Å². The van der Waals surface area contributed by atoms with Crippen LogP contribution in [0.3, 0.4) is 0 Å². The number of carbonyl (C=O) groups is 2. The number of halogens is 2. The molecule has 0 aliphatic carbocycles. The van der Waals surface area contributed by atoms with Crippen LogP contribution in [0.4, 0.5) is 13.6 Å². The predicted molar refractivity (Wildman–Crippen MR) is 145 cm³/mol. The molecule has 0 spiro atoms. The van der Waals surface area contributed by atoms with E-state index in [0.717, 1.165) is 16.5 Å². The molecule has 0 bridgehead atoms. The van der Waals surface area contributed by atoms with Gasteiger partial charge in [-0.25, -0.2) is 18.4 Å². The Morgan fingerprint density at radius 2 is 1.82 bits per heavy atom. The quantitative estimate of drug-likeness (QED) is 0.316. The summed E-state index contributed by atoms with van der Waals surface area (Å²) in [5.74, 6) is -2.64. The molecule has 0 radical (unpaired) electrons. The molecule has 1 fully saturated rings. The Kier molecular flexibility index (Phi) is 8.02. The van der Waals surface area contributed by atoms with E-state index in [-0.39, 0.29) is 26.0 Å². The van der Waals surface area contributed by atoms with Crippen LogP contribution >= 0.6 is 0 Å². The van der Waals surface area contributed by atoms with Gasteiger partial charge in [-0.3, -0.25) is 9.47 Å². The van der Waals surface area contributed by atoms with Crippen molar-refractivity contribution < 1.29 is 32.6 Å². The van der Waals surface area contributed by atoms with Crippen molar-refractivity contribution in [1.29, 1.82) is 0 Å². The summed E-state index contributed by atoms with van der Waals surface area (Å²) in [6.07, 6.45) is 0.571. The monoisotopic (exact) mass is 542 g/mol. The highest BCUT2D eigenvalue weighted by molar-refractivity contribution is 5.95. The van der Waals surface area contributed by atoms with Gasteiger partial charge in [-0.05, 0) is 70.0 Å². The minimum Gasteiger partial charge on any atom is -0.496 e. The minimum absolute atomic E-state index is 0.169. The van der Waals surface area contributed by atoms with Gasteiger partial charge in [0.15, 0.2) is 0 Å². The number of esters is 1. The standard InChI is InChI=1S/C30H36F2N2O5/c1-7-38-27(35)21-10-8-20(9-11-21)24-17-30(31,32)13-15-33(24)18-23-22-12-14-34(28(36)39-29(3,4)5)26(22)19(2)16-25(23)37-6/h8-12,14,16,24H,7,13,15,17-18H2,1-6H3. The number of aromatic nitrogens is 1. The number of fused-ring (bicyclic) bond motifs is 1. The van der Waals surface area contributed by atoms with Crippen molar-refractivity contribution in [1.82, 2.24) is 9.47 Å². The number of aryl methyl sites for hydroxylation is 1. The highest BCUT2D eigenvalue weighted by atomic mass is 19.3. The van der Waals surface area contributed by atoms with Crippen molar-refractivity contribution >= 4 is 23.0 Å². The van der Waals surface area contributed by atoms with Gasteiger partial charge in [0.25, 0.3) is 5.92 Å². The third-order valence-electron chi connectivity index (χ3n) is 6.91. The first kappa shape index (κ1) is 28.5. The number of likely N-dealkylation sites (tertiary alicyclic amines) is 1. The van der Waals surface area contributed by atoms with E-state index in [0.29, 0.717) is 28.9 Å². The first-order valence-corrected chi connectivity index (χ1v) is 13.1. The van der Waals surface area contributed by atoms with E-state index in [4.69, 9.17) is 14.2 Å². The SMILES string of the molecule is CCOC(=O)c1ccc(C2CC(F)(F)CCN2Cc2c(OC)cc(C)c3c2ccn3C(=O)OC(C)(C)C)cc1. The van der Waals surface area contributed by atoms with Crippen LogP contribution in [0.5, 0.6) is 5.75 Å². The van der Waals surface area contributed by atoms with Crippen molar-refractivity contribution in [2.24, 2.45) is 0 Å². The van der Waals surface area contributed by atoms with Crippen LogP contribution in [-0.2, 0) is 16.0 Å². The lowest BCUT2D eigenvalue weighted by Crippen LogP contribution is -2.41. The molecule has 0 N–H and O–H groups in total. The molecule has 3 aromatic rings. The topological polar surface area (TPSA) is 70.0 Å². The lowest BCUT2D eigenvalue weighted by atomic mass is 9.91. The number of ether oxygens (including phenoxy) is 3. The lowest BCUT2D eigenvalue weighted by Gasteiger charge is -2.40. The Bertz CT molecular complexity index is 1360. The molecule has 1 unspecified atom stereocenters. The van der Waals surface area contributed by atoms with E-state index in [1.54, 1.807) is 44.5 Å². The van der Waals surface area contributed by atoms with Crippen molar-refractivity contribution in [2.75, 3.05) is 20.3 Å². The first-order chi connectivity index (χ1) is 18.3. The molecule has 1 saturated heterocycles. The van der Waals surface area contributed by atoms with Gasteiger partial charge in [-0.15, -0.1) is 0 Å². The van der Waals surface area contributed by atoms with Crippen LogP contribution in [0.15, 0.2) is 42.6 Å². The summed E-state index contributed by atoms with van der Waals surface area (Å²) in [5, 5.41) is 0.798. The number of hydrogen-bond acceptors (Lipinski definition) is 6. The van der Waals surface area contributed by atoms with Crippen molar-refractivity contribution in [3.05, 3.63) is 64.8 Å². The highest BCUT2D eigenvalue weighted by Gasteiger charge is 2.41. The number of piperidine rings is 1. The maximum absolute atomic E-state index is 14.7. The summed E-state index contributed by atoms with van der Waals surface area (Å²) < 4.78 is 47.2. The molecule has 2 aromatic carbocycles. The predicted octanol–water partition coefficient (Wildman–Crippen LogP) is 6.89. The van der Waals surface area contributed by atoms with Gasteiger partial charge in [0.05, 0.1) is 24.8 Å². The summed E-state index contributed by atoms with van der Waals surface area (Å²) in [6, 6.07) is 9.78. The maximum atomic E-state index is 14.7. The average molecular weight is 543 g/mol. The van der Waals surface area contributed by atoms with Crippen LogP contribution in [0.2, 0.25) is 0 Å². The van der Waals surface area contributed by atoms with E-state index in [1.807, 2.05) is 44.7 Å². The van der Waals surface area contributed by atoms with Gasteiger partial charge in [0.1, 0.15) is 11.4 Å². The molecule has 1 atom stereocenters. The molecular formula is C30H36F2N2O5. The number of hydrogen-bond donors (Lipinski definition) is 0. The van der Waals surface area contributed by atoms with Gasteiger partial charge in [-0.2, -0.15) is 0 Å². The summed E-state index contributed by atoms with van der Waals surface area (Å²) in [7, 11) is 1.57. The zero-order valence-corrected chi connectivity index (χ0v) is 23.3. The minimum atomic E-state index is -2.81. The first-order valence-electron chi connectivity index (χ1n) is 13.1. The summed E-state index contributed by atoms with van der Waals surface area (Å²) >= 11 is 0. The van der Waals surface area contributed by atoms with Crippen molar-refractivity contribution in [3.8, 4) is 5.75 Å². The van der Waals surface area contributed by atoms with Crippen molar-refractivity contribution in [3.63, 3.8) is 0 Å². The van der Waals surface area contributed by atoms with Gasteiger partial charge >= 0.3 is 12.1 Å². The van der Waals surface area contributed by atoms with Crippen LogP contribution in [0, 0.1) is 6.92 Å². The highest BCUT2D eigenvalue weighted by Crippen LogP contribution is 2.42.